The molecule has 104 valence electrons. The van der Waals surface area contributed by atoms with Gasteiger partial charge in [0.15, 0.2) is 6.29 Å². The first-order chi connectivity index (χ1) is 9.74. The molecule has 0 N–H and O–H groups in total. The minimum atomic E-state index is 0.535. The van der Waals surface area contributed by atoms with Crippen molar-refractivity contribution in [3.8, 4) is 22.8 Å². The number of nitrogens with zero attached hydrogens (tertiary/aromatic N) is 1. The molecule has 0 saturated carbocycles. The average molecular weight is 271 g/mol. The first-order valence-electron chi connectivity index (χ1n) is 6.40. The smallest absolute Gasteiger partial charge is 0.221 e. The summed E-state index contributed by atoms with van der Waals surface area (Å²) >= 11 is 0. The molecule has 2 rings (SSSR count). The minimum absolute atomic E-state index is 0.535. The molecule has 1 aromatic carbocycles. The molecule has 0 radical (unpaired) electrons. The summed E-state index contributed by atoms with van der Waals surface area (Å²) in [5.41, 5.74) is 3.27. The largest absolute Gasteiger partial charge is 0.496 e. The number of aryl methyl sites for hydroxylation is 1. The van der Waals surface area contributed by atoms with Crippen LogP contribution in [0.25, 0.3) is 11.1 Å². The number of carbonyl (C=O) groups is 1. The molecule has 1 heterocycles. The lowest BCUT2D eigenvalue weighted by Gasteiger charge is -2.13. The lowest BCUT2D eigenvalue weighted by Crippen LogP contribution is -1.98. The number of aldehydes is 1. The lowest BCUT2D eigenvalue weighted by molar-refractivity contribution is 0.112. The lowest BCUT2D eigenvalue weighted by atomic mass is 9.98. The third-order valence-electron chi connectivity index (χ3n) is 3.18. The second-order valence-electron chi connectivity index (χ2n) is 4.29. The van der Waals surface area contributed by atoms with E-state index in [1.807, 2.05) is 25.1 Å². The molecule has 0 spiro atoms. The van der Waals surface area contributed by atoms with Gasteiger partial charge in [0.1, 0.15) is 5.75 Å². The van der Waals surface area contributed by atoms with Crippen LogP contribution in [-0.4, -0.2) is 25.5 Å². The Hall–Kier alpha value is -2.36. The van der Waals surface area contributed by atoms with Crippen LogP contribution in [0.15, 0.2) is 30.5 Å². The number of aromatic nitrogens is 1. The van der Waals surface area contributed by atoms with E-state index in [1.165, 1.54) is 0 Å². The normalized spacial score (nSPS) is 10.2. The third-order valence-corrected chi connectivity index (χ3v) is 3.18. The molecule has 0 aliphatic carbocycles. The van der Waals surface area contributed by atoms with E-state index in [0.717, 1.165) is 29.4 Å². The molecule has 20 heavy (non-hydrogen) atoms. The van der Waals surface area contributed by atoms with Crippen LogP contribution in [0.1, 0.15) is 22.8 Å². The van der Waals surface area contributed by atoms with Gasteiger partial charge in [0, 0.05) is 11.8 Å². The van der Waals surface area contributed by atoms with E-state index in [2.05, 4.69) is 4.98 Å². The van der Waals surface area contributed by atoms with Crippen molar-refractivity contribution < 1.29 is 14.3 Å². The van der Waals surface area contributed by atoms with Crippen molar-refractivity contribution in [2.75, 3.05) is 14.2 Å². The van der Waals surface area contributed by atoms with Crippen molar-refractivity contribution in [1.82, 2.24) is 4.98 Å². The number of hydrogen-bond acceptors (Lipinski definition) is 4. The maximum atomic E-state index is 11.3. The summed E-state index contributed by atoms with van der Waals surface area (Å²) in [5, 5.41) is 0. The molecular weight excluding hydrogens is 254 g/mol. The zero-order chi connectivity index (χ0) is 14.5. The molecule has 0 fully saturated rings. The van der Waals surface area contributed by atoms with E-state index in [9.17, 15) is 4.79 Å². The molecule has 0 saturated heterocycles. The van der Waals surface area contributed by atoms with Crippen molar-refractivity contribution in [2.45, 2.75) is 13.3 Å². The Morgan fingerprint density at radius 2 is 2.05 bits per heavy atom. The van der Waals surface area contributed by atoms with Crippen molar-refractivity contribution in [3.05, 3.63) is 41.6 Å². The number of pyridine rings is 1. The van der Waals surface area contributed by atoms with E-state index >= 15 is 0 Å². The van der Waals surface area contributed by atoms with Gasteiger partial charge in [-0.05, 0) is 41.8 Å². The summed E-state index contributed by atoms with van der Waals surface area (Å²) in [4.78, 5) is 15.5. The predicted octanol–water partition coefficient (Wildman–Crippen LogP) is 3.14. The summed E-state index contributed by atoms with van der Waals surface area (Å²) in [7, 11) is 3.16. The zero-order valence-corrected chi connectivity index (χ0v) is 11.8. The maximum Gasteiger partial charge on any atom is 0.221 e. The molecule has 0 aliphatic heterocycles. The second kappa shape index (κ2) is 6.19. The van der Waals surface area contributed by atoms with Crippen molar-refractivity contribution in [2.24, 2.45) is 0 Å². The van der Waals surface area contributed by atoms with Gasteiger partial charge in [-0.2, -0.15) is 0 Å². The molecule has 4 heteroatoms. The van der Waals surface area contributed by atoms with Gasteiger partial charge in [-0.15, -0.1) is 0 Å². The standard InChI is InChI=1S/C16H17NO3/c1-4-11-8-12(9-13(10-18)15(11)19-2)14-6-5-7-17-16(14)20-3/h5-10H,4H2,1-3H3. The van der Waals surface area contributed by atoms with E-state index in [1.54, 1.807) is 26.5 Å². The molecule has 0 aliphatic rings. The fraction of sp³-hybridized carbons (Fsp3) is 0.250. The Balaban J connectivity index is 2.66. The van der Waals surface area contributed by atoms with E-state index < -0.39 is 0 Å². The first-order valence-corrected chi connectivity index (χ1v) is 6.40. The van der Waals surface area contributed by atoms with Crippen LogP contribution in [0.4, 0.5) is 0 Å². The molecule has 2 aromatic rings. The van der Waals surface area contributed by atoms with Crippen molar-refractivity contribution in [3.63, 3.8) is 0 Å². The Labute approximate surface area is 118 Å². The highest BCUT2D eigenvalue weighted by Crippen LogP contribution is 2.33. The minimum Gasteiger partial charge on any atom is -0.496 e. The van der Waals surface area contributed by atoms with Crippen molar-refractivity contribution in [1.29, 1.82) is 0 Å². The topological polar surface area (TPSA) is 48.4 Å². The highest BCUT2D eigenvalue weighted by Gasteiger charge is 2.13. The van der Waals surface area contributed by atoms with Crippen LogP contribution in [0.3, 0.4) is 0 Å². The quantitative estimate of drug-likeness (QED) is 0.784. The van der Waals surface area contributed by atoms with Crippen LogP contribution >= 0.6 is 0 Å². The number of benzene rings is 1. The van der Waals surface area contributed by atoms with Crippen LogP contribution in [-0.2, 0) is 6.42 Å². The van der Waals surface area contributed by atoms with E-state index in [4.69, 9.17) is 9.47 Å². The number of rotatable bonds is 5. The third kappa shape index (κ3) is 2.50. The van der Waals surface area contributed by atoms with Gasteiger partial charge >= 0.3 is 0 Å². The fourth-order valence-corrected chi connectivity index (χ4v) is 2.24. The summed E-state index contributed by atoms with van der Waals surface area (Å²) in [6.45, 7) is 2.02. The molecular formula is C16H17NO3. The Kier molecular flexibility index (Phi) is 4.35. The van der Waals surface area contributed by atoms with Gasteiger partial charge in [-0.1, -0.05) is 6.92 Å². The second-order valence-corrected chi connectivity index (χ2v) is 4.29. The Bertz CT molecular complexity index is 623. The summed E-state index contributed by atoms with van der Waals surface area (Å²) in [5.74, 6) is 1.17. The van der Waals surface area contributed by atoms with Gasteiger partial charge in [0.05, 0.1) is 19.8 Å². The number of hydrogen-bond donors (Lipinski definition) is 0. The highest BCUT2D eigenvalue weighted by atomic mass is 16.5. The van der Waals surface area contributed by atoms with Gasteiger partial charge < -0.3 is 9.47 Å². The summed E-state index contributed by atoms with van der Waals surface area (Å²) < 4.78 is 10.6. The average Bonchev–Trinajstić information content (AvgIpc) is 2.53. The number of carbonyl (C=O) groups excluding carboxylic acids is 1. The number of ether oxygens (including phenoxy) is 2. The molecule has 0 unspecified atom stereocenters. The fourth-order valence-electron chi connectivity index (χ4n) is 2.24. The van der Waals surface area contributed by atoms with Crippen LogP contribution in [0.2, 0.25) is 0 Å². The van der Waals surface area contributed by atoms with Crippen LogP contribution in [0, 0.1) is 0 Å². The Morgan fingerprint density at radius 3 is 2.65 bits per heavy atom. The van der Waals surface area contributed by atoms with E-state index in [-0.39, 0.29) is 0 Å². The zero-order valence-electron chi connectivity index (χ0n) is 11.8. The summed E-state index contributed by atoms with van der Waals surface area (Å²) in [6, 6.07) is 7.56. The highest BCUT2D eigenvalue weighted by molar-refractivity contribution is 5.85. The first kappa shape index (κ1) is 14.1. The molecule has 0 amide bonds. The maximum absolute atomic E-state index is 11.3. The predicted molar refractivity (Wildman–Crippen MR) is 77.5 cm³/mol. The molecule has 0 bridgehead atoms. The SMILES string of the molecule is CCc1cc(-c2cccnc2OC)cc(C=O)c1OC. The monoisotopic (exact) mass is 271 g/mol. The molecule has 4 nitrogen and oxygen atoms in total. The van der Waals surface area contributed by atoms with Gasteiger partial charge in [0.25, 0.3) is 0 Å². The number of methoxy groups -OCH3 is 2. The Morgan fingerprint density at radius 1 is 1.25 bits per heavy atom. The van der Waals surface area contributed by atoms with Crippen LogP contribution in [0.5, 0.6) is 11.6 Å². The molecule has 0 atom stereocenters. The van der Waals surface area contributed by atoms with Crippen molar-refractivity contribution >= 4 is 6.29 Å². The van der Waals surface area contributed by atoms with Gasteiger partial charge in [-0.3, -0.25) is 4.79 Å². The van der Waals surface area contributed by atoms with E-state index in [0.29, 0.717) is 17.2 Å². The molecule has 1 aromatic heterocycles. The summed E-state index contributed by atoms with van der Waals surface area (Å²) in [6.07, 6.45) is 3.26. The van der Waals surface area contributed by atoms with Gasteiger partial charge in [-0.25, -0.2) is 4.98 Å². The van der Waals surface area contributed by atoms with Gasteiger partial charge in [0.2, 0.25) is 5.88 Å². The van der Waals surface area contributed by atoms with Crippen LogP contribution < -0.4 is 9.47 Å².